The van der Waals surface area contributed by atoms with Gasteiger partial charge in [-0.3, -0.25) is 19.3 Å². The fraction of sp³-hybridized carbons (Fsp3) is 0.500. The minimum Gasteiger partial charge on any atom is -0.493 e. The van der Waals surface area contributed by atoms with Crippen molar-refractivity contribution in [2.45, 2.75) is 50.1 Å². The quantitative estimate of drug-likeness (QED) is 0.551. The van der Waals surface area contributed by atoms with E-state index in [1.165, 1.54) is 18.1 Å². The summed E-state index contributed by atoms with van der Waals surface area (Å²) in [7, 11) is 1.44. The van der Waals surface area contributed by atoms with E-state index in [9.17, 15) is 23.2 Å². The van der Waals surface area contributed by atoms with Gasteiger partial charge in [0.2, 0.25) is 11.8 Å². The molecule has 5 rings (SSSR count). The van der Waals surface area contributed by atoms with Crippen LogP contribution in [0.2, 0.25) is 0 Å². The Morgan fingerprint density at radius 3 is 2.74 bits per heavy atom. The number of piperazine rings is 1. The highest BCUT2D eigenvalue weighted by atomic mass is 19.2. The van der Waals surface area contributed by atoms with Crippen molar-refractivity contribution >= 4 is 17.7 Å². The second-order valence-electron chi connectivity index (χ2n) is 10.9. The van der Waals surface area contributed by atoms with Crippen LogP contribution >= 0.6 is 0 Å². The van der Waals surface area contributed by atoms with E-state index >= 15 is 0 Å². The van der Waals surface area contributed by atoms with Crippen LogP contribution < -0.4 is 15.4 Å². The number of carbonyl (C=O) groups is 3. The third-order valence-corrected chi connectivity index (χ3v) is 7.95. The Kier molecular flexibility index (Phi) is 9.65. The molecule has 3 heterocycles. The molecule has 4 atom stereocenters. The molecule has 0 spiro atoms. The largest absolute Gasteiger partial charge is 0.493 e. The van der Waals surface area contributed by atoms with Crippen molar-refractivity contribution in [2.24, 2.45) is 0 Å². The molecule has 12 heteroatoms. The highest BCUT2D eigenvalue weighted by Crippen LogP contribution is 2.26. The Hall–Kier alpha value is -3.61. The van der Waals surface area contributed by atoms with E-state index < -0.39 is 23.8 Å². The first-order valence-electron chi connectivity index (χ1n) is 14.2. The van der Waals surface area contributed by atoms with Crippen molar-refractivity contribution < 1.29 is 37.4 Å². The molecule has 0 saturated carbocycles. The van der Waals surface area contributed by atoms with Gasteiger partial charge in [-0.2, -0.15) is 0 Å². The van der Waals surface area contributed by atoms with Crippen molar-refractivity contribution in [3.8, 4) is 5.75 Å². The summed E-state index contributed by atoms with van der Waals surface area (Å²) in [6, 6.07) is 9.50. The van der Waals surface area contributed by atoms with Gasteiger partial charge in [-0.15, -0.1) is 0 Å². The van der Waals surface area contributed by atoms with Crippen molar-refractivity contribution in [1.29, 1.82) is 0 Å². The maximum absolute atomic E-state index is 13.9. The lowest BCUT2D eigenvalue weighted by molar-refractivity contribution is -0.132. The SMILES string of the molecule is COCC(=O)N[C@@H]1CC[C@H]2CCOc3ccccc3C(=O)N3CCN(Cc4ccc(F)c(F)c4)C[C@H]3C(=O)NC[C@H]1O2. The highest BCUT2D eigenvalue weighted by molar-refractivity contribution is 6.00. The fourth-order valence-electron chi connectivity index (χ4n) is 5.80. The average molecular weight is 587 g/mol. The molecule has 42 heavy (non-hydrogen) atoms. The van der Waals surface area contributed by atoms with E-state index in [1.807, 2.05) is 4.90 Å². The van der Waals surface area contributed by atoms with Gasteiger partial charge in [0.15, 0.2) is 11.6 Å². The molecule has 0 aromatic heterocycles. The molecule has 10 nitrogen and oxygen atoms in total. The zero-order chi connectivity index (χ0) is 29.6. The molecule has 2 aromatic rings. The molecule has 3 aliphatic rings. The van der Waals surface area contributed by atoms with E-state index in [1.54, 1.807) is 24.3 Å². The molecule has 0 radical (unpaired) electrons. The molecule has 2 bridgehead atoms. The summed E-state index contributed by atoms with van der Waals surface area (Å²) in [6.45, 7) is 1.52. The van der Waals surface area contributed by atoms with Crippen LogP contribution in [0, 0.1) is 11.6 Å². The normalized spacial score (nSPS) is 25.4. The van der Waals surface area contributed by atoms with Crippen molar-refractivity contribution in [1.82, 2.24) is 20.4 Å². The number of nitrogens with one attached hydrogen (secondary N) is 2. The molecule has 3 aliphatic heterocycles. The fourth-order valence-corrected chi connectivity index (χ4v) is 5.80. The summed E-state index contributed by atoms with van der Waals surface area (Å²) in [4.78, 5) is 43.3. The first-order valence-corrected chi connectivity index (χ1v) is 14.2. The lowest BCUT2D eigenvalue weighted by Gasteiger charge is -2.42. The lowest BCUT2D eigenvalue weighted by Crippen LogP contribution is -2.62. The maximum Gasteiger partial charge on any atom is 0.258 e. The van der Waals surface area contributed by atoms with E-state index in [0.717, 1.165) is 12.1 Å². The van der Waals surface area contributed by atoms with Gasteiger partial charge in [0, 0.05) is 46.3 Å². The summed E-state index contributed by atoms with van der Waals surface area (Å²) in [5.74, 6) is -2.40. The summed E-state index contributed by atoms with van der Waals surface area (Å²) in [5.41, 5.74) is 0.926. The van der Waals surface area contributed by atoms with E-state index in [4.69, 9.17) is 14.2 Å². The van der Waals surface area contributed by atoms with Crippen LogP contribution in [0.4, 0.5) is 8.78 Å². The number of fused-ring (bicyclic) bond motifs is 4. The number of benzene rings is 2. The predicted octanol–water partition coefficient (Wildman–Crippen LogP) is 1.87. The number of hydrogen-bond donors (Lipinski definition) is 2. The Bertz CT molecular complexity index is 1300. The van der Waals surface area contributed by atoms with Gasteiger partial charge in [-0.05, 0) is 42.7 Å². The van der Waals surface area contributed by atoms with Crippen LogP contribution in [0.3, 0.4) is 0 Å². The van der Waals surface area contributed by atoms with Crippen molar-refractivity contribution in [3.63, 3.8) is 0 Å². The minimum absolute atomic E-state index is 0.0841. The Morgan fingerprint density at radius 2 is 1.93 bits per heavy atom. The minimum atomic E-state index is -0.938. The second-order valence-corrected chi connectivity index (χ2v) is 10.9. The van der Waals surface area contributed by atoms with Gasteiger partial charge in [0.05, 0.1) is 30.4 Å². The molecular weight excluding hydrogens is 550 g/mol. The Balaban J connectivity index is 1.39. The molecule has 0 aliphatic carbocycles. The first-order chi connectivity index (χ1) is 20.3. The second kappa shape index (κ2) is 13.6. The zero-order valence-electron chi connectivity index (χ0n) is 23.5. The number of hydrogen-bond acceptors (Lipinski definition) is 7. The van der Waals surface area contributed by atoms with Crippen LogP contribution in [0.25, 0.3) is 0 Å². The van der Waals surface area contributed by atoms with Crippen molar-refractivity contribution in [2.75, 3.05) is 46.5 Å². The summed E-state index contributed by atoms with van der Waals surface area (Å²) in [5, 5.41) is 5.91. The smallest absolute Gasteiger partial charge is 0.258 e. The van der Waals surface area contributed by atoms with Crippen LogP contribution in [0.15, 0.2) is 42.5 Å². The number of halogens is 2. The van der Waals surface area contributed by atoms with Gasteiger partial charge in [-0.1, -0.05) is 18.2 Å². The van der Waals surface area contributed by atoms with Gasteiger partial charge in [0.25, 0.3) is 5.91 Å². The predicted molar refractivity (Wildman–Crippen MR) is 148 cm³/mol. The highest BCUT2D eigenvalue weighted by Gasteiger charge is 2.38. The molecule has 3 amide bonds. The van der Waals surface area contributed by atoms with Crippen LogP contribution in [0.1, 0.15) is 35.2 Å². The van der Waals surface area contributed by atoms with Gasteiger partial charge >= 0.3 is 0 Å². The number of para-hydroxylation sites is 1. The molecule has 2 fully saturated rings. The maximum atomic E-state index is 13.9. The van der Waals surface area contributed by atoms with E-state index in [2.05, 4.69) is 10.6 Å². The number of carbonyl (C=O) groups excluding carboxylic acids is 3. The van der Waals surface area contributed by atoms with Gasteiger partial charge in [0.1, 0.15) is 18.4 Å². The molecule has 2 N–H and O–H groups in total. The Morgan fingerprint density at radius 1 is 1.10 bits per heavy atom. The average Bonchev–Trinajstić information content (AvgIpc) is 2.98. The van der Waals surface area contributed by atoms with E-state index in [-0.39, 0.29) is 62.7 Å². The number of nitrogens with zero attached hydrogens (tertiary/aromatic N) is 2. The summed E-state index contributed by atoms with van der Waals surface area (Å²) in [6.07, 6.45) is 1.30. The third-order valence-electron chi connectivity index (χ3n) is 7.95. The summed E-state index contributed by atoms with van der Waals surface area (Å²) < 4.78 is 44.7. The Labute approximate surface area is 243 Å². The van der Waals surface area contributed by atoms with Crippen LogP contribution in [0.5, 0.6) is 5.75 Å². The molecule has 2 aromatic carbocycles. The van der Waals surface area contributed by atoms with Crippen molar-refractivity contribution in [3.05, 3.63) is 65.2 Å². The molecule has 0 unspecified atom stereocenters. The number of rotatable bonds is 5. The number of ether oxygens (including phenoxy) is 3. The van der Waals surface area contributed by atoms with Gasteiger partial charge in [-0.25, -0.2) is 8.78 Å². The topological polar surface area (TPSA) is 109 Å². The first kappa shape index (κ1) is 29.9. The lowest BCUT2D eigenvalue weighted by atomic mass is 9.96. The monoisotopic (exact) mass is 586 g/mol. The van der Waals surface area contributed by atoms with Crippen LogP contribution in [-0.2, 0) is 25.6 Å². The van der Waals surface area contributed by atoms with E-state index in [0.29, 0.717) is 49.3 Å². The molecular formula is C30H36F2N4O6. The summed E-state index contributed by atoms with van der Waals surface area (Å²) >= 11 is 0. The number of amides is 3. The number of methoxy groups -OCH3 is 1. The zero-order valence-corrected chi connectivity index (χ0v) is 23.5. The van der Waals surface area contributed by atoms with Gasteiger partial charge < -0.3 is 29.7 Å². The molecule has 226 valence electrons. The van der Waals surface area contributed by atoms with Crippen LogP contribution in [-0.4, -0.2) is 98.3 Å². The standard InChI is InChI=1S/C30H36F2N4O6/c1-40-18-28(37)34-24-9-7-20-10-13-41-26-5-3-2-4-21(26)30(39)36-12-11-35(16-19-6-8-22(31)23(32)14-19)17-25(36)29(38)33-15-27(24)42-20/h2-6,8,14,20,24-25,27H,7,9-13,15-18H2,1H3,(H,33,38)(H,34,37)/t20-,24+,25-,27+/m0/s1. The third kappa shape index (κ3) is 7.05. The molecule has 2 saturated heterocycles.